The second-order valence-corrected chi connectivity index (χ2v) is 6.29. The molecule has 1 aromatic heterocycles. The van der Waals surface area contributed by atoms with Crippen LogP contribution < -0.4 is 4.90 Å². The van der Waals surface area contributed by atoms with Crippen LogP contribution in [0, 0.1) is 6.92 Å². The van der Waals surface area contributed by atoms with E-state index in [0.29, 0.717) is 11.2 Å². The van der Waals surface area contributed by atoms with Crippen molar-refractivity contribution in [3.05, 3.63) is 16.5 Å². The fraction of sp³-hybridized carbons (Fsp3) is 0.750. The molecule has 0 aliphatic carbocycles. The number of hydrogen-bond acceptors (Lipinski definition) is 4. The molecule has 0 saturated carbocycles. The molecule has 2 rings (SSSR count). The predicted octanol–water partition coefficient (Wildman–Crippen LogP) is 3.31. The summed E-state index contributed by atoms with van der Waals surface area (Å²) < 4.78 is 0. The number of halogens is 1. The smallest absolute Gasteiger partial charge is 0.137 e. The number of hydrogen-bond donors (Lipinski definition) is 0. The van der Waals surface area contributed by atoms with Crippen LogP contribution in [0.5, 0.6) is 0 Å². The zero-order valence-electron chi connectivity index (χ0n) is 13.7. The molecule has 1 atom stereocenters. The van der Waals surface area contributed by atoms with Crippen LogP contribution in [0.3, 0.4) is 0 Å². The van der Waals surface area contributed by atoms with Crippen LogP contribution in [0.1, 0.15) is 44.5 Å². The Morgan fingerprint density at radius 1 is 1.33 bits per heavy atom. The number of aromatic nitrogens is 2. The largest absolute Gasteiger partial charge is 0.358 e. The van der Waals surface area contributed by atoms with Gasteiger partial charge in [0.25, 0.3) is 0 Å². The van der Waals surface area contributed by atoms with Gasteiger partial charge in [-0.05, 0) is 39.3 Å². The maximum Gasteiger partial charge on any atom is 0.137 e. The number of aryl methyl sites for hydroxylation is 1. The van der Waals surface area contributed by atoms with Gasteiger partial charge in [-0.3, -0.25) is 4.90 Å². The van der Waals surface area contributed by atoms with E-state index in [2.05, 4.69) is 35.7 Å². The molecule has 1 aliphatic heterocycles. The quantitative estimate of drug-likeness (QED) is 0.755. The monoisotopic (exact) mass is 310 g/mol. The minimum Gasteiger partial charge on any atom is -0.358 e. The highest BCUT2D eigenvalue weighted by molar-refractivity contribution is 6.30. The van der Waals surface area contributed by atoms with E-state index in [-0.39, 0.29) is 0 Å². The van der Waals surface area contributed by atoms with E-state index in [1.807, 2.05) is 6.92 Å². The zero-order valence-corrected chi connectivity index (χ0v) is 14.4. The van der Waals surface area contributed by atoms with Gasteiger partial charge in [0, 0.05) is 31.6 Å². The van der Waals surface area contributed by atoms with Crippen molar-refractivity contribution < 1.29 is 0 Å². The molecule has 5 heteroatoms. The van der Waals surface area contributed by atoms with E-state index < -0.39 is 0 Å². The Bertz CT molecular complexity index is 478. The Balaban J connectivity index is 2.16. The summed E-state index contributed by atoms with van der Waals surface area (Å²) in [6.07, 6.45) is 4.49. The van der Waals surface area contributed by atoms with E-state index in [9.17, 15) is 0 Å². The van der Waals surface area contributed by atoms with Gasteiger partial charge in [-0.15, -0.1) is 0 Å². The van der Waals surface area contributed by atoms with Crippen LogP contribution in [0.15, 0.2) is 0 Å². The Morgan fingerprint density at radius 2 is 2.10 bits per heavy atom. The lowest BCUT2D eigenvalue weighted by atomic mass is 10.2. The molecule has 0 spiro atoms. The third kappa shape index (κ3) is 3.86. The highest BCUT2D eigenvalue weighted by atomic mass is 35.5. The molecule has 118 valence electrons. The summed E-state index contributed by atoms with van der Waals surface area (Å²) >= 11 is 6.28. The van der Waals surface area contributed by atoms with Gasteiger partial charge >= 0.3 is 0 Å². The molecule has 1 saturated heterocycles. The minimum absolute atomic E-state index is 0.592. The third-order valence-electron chi connectivity index (χ3n) is 4.33. The lowest BCUT2D eigenvalue weighted by Crippen LogP contribution is -2.39. The third-order valence-corrected chi connectivity index (χ3v) is 4.70. The molecule has 0 aromatic carbocycles. The second kappa shape index (κ2) is 7.41. The molecule has 0 radical (unpaired) electrons. The van der Waals surface area contributed by atoms with Gasteiger partial charge < -0.3 is 4.90 Å². The normalized spacial score (nSPS) is 19.2. The van der Waals surface area contributed by atoms with Crippen molar-refractivity contribution >= 4 is 17.4 Å². The van der Waals surface area contributed by atoms with Gasteiger partial charge in [-0.25, -0.2) is 9.97 Å². The van der Waals surface area contributed by atoms with Gasteiger partial charge in [-0.2, -0.15) is 0 Å². The second-order valence-electron chi connectivity index (χ2n) is 5.93. The molecule has 21 heavy (non-hydrogen) atoms. The Kier molecular flexibility index (Phi) is 5.82. The summed E-state index contributed by atoms with van der Waals surface area (Å²) in [6.45, 7) is 9.75. The van der Waals surface area contributed by atoms with Gasteiger partial charge in [0.1, 0.15) is 16.8 Å². The highest BCUT2D eigenvalue weighted by Crippen LogP contribution is 2.25. The molecular weight excluding hydrogens is 284 g/mol. The lowest BCUT2D eigenvalue weighted by molar-refractivity contribution is 0.270. The van der Waals surface area contributed by atoms with Crippen LogP contribution in [0.25, 0.3) is 0 Å². The average molecular weight is 311 g/mol. The van der Waals surface area contributed by atoms with E-state index in [4.69, 9.17) is 16.6 Å². The van der Waals surface area contributed by atoms with Crippen LogP contribution in [-0.4, -0.2) is 47.6 Å². The fourth-order valence-electron chi connectivity index (χ4n) is 3.15. The van der Waals surface area contributed by atoms with Gasteiger partial charge in [0.15, 0.2) is 0 Å². The number of rotatable bonds is 6. The molecule has 1 unspecified atom stereocenters. The van der Waals surface area contributed by atoms with Crippen molar-refractivity contribution in [2.75, 3.05) is 31.6 Å². The first-order chi connectivity index (χ1) is 10.1. The summed E-state index contributed by atoms with van der Waals surface area (Å²) in [6, 6.07) is 0.628. The summed E-state index contributed by atoms with van der Waals surface area (Å²) in [5.74, 6) is 1.84. The van der Waals surface area contributed by atoms with Crippen LogP contribution in [0.2, 0.25) is 5.15 Å². The van der Waals surface area contributed by atoms with Crippen molar-refractivity contribution in [3.8, 4) is 0 Å². The summed E-state index contributed by atoms with van der Waals surface area (Å²) in [5, 5.41) is 0.592. The highest BCUT2D eigenvalue weighted by Gasteiger charge is 2.25. The Morgan fingerprint density at radius 3 is 2.76 bits per heavy atom. The first-order valence-electron chi connectivity index (χ1n) is 8.05. The molecule has 4 nitrogen and oxygen atoms in total. The molecule has 2 heterocycles. The summed E-state index contributed by atoms with van der Waals surface area (Å²) in [4.78, 5) is 13.9. The standard InChI is InChI=1S/C16H27ClN4/c1-5-8-14-18-15(17)12(3)16(19-14)20(4)11-13-9-7-10-21(13)6-2/h13H,5-11H2,1-4H3. The zero-order chi connectivity index (χ0) is 15.4. The molecule has 0 bridgehead atoms. The summed E-state index contributed by atoms with van der Waals surface area (Å²) in [7, 11) is 2.12. The van der Waals surface area contributed by atoms with Crippen molar-refractivity contribution in [2.24, 2.45) is 0 Å². The maximum atomic E-state index is 6.28. The lowest BCUT2D eigenvalue weighted by Gasteiger charge is -2.29. The van der Waals surface area contributed by atoms with Crippen molar-refractivity contribution in [1.29, 1.82) is 0 Å². The van der Waals surface area contributed by atoms with Crippen LogP contribution >= 0.6 is 11.6 Å². The molecule has 1 fully saturated rings. The molecule has 0 amide bonds. The van der Waals surface area contributed by atoms with Crippen LogP contribution in [-0.2, 0) is 6.42 Å². The first-order valence-corrected chi connectivity index (χ1v) is 8.42. The first kappa shape index (κ1) is 16.5. The van der Waals surface area contributed by atoms with E-state index in [0.717, 1.165) is 43.1 Å². The van der Waals surface area contributed by atoms with E-state index >= 15 is 0 Å². The Hall–Kier alpha value is -0.870. The molecular formula is C16H27ClN4. The average Bonchev–Trinajstić information content (AvgIpc) is 2.90. The van der Waals surface area contributed by atoms with Gasteiger partial charge in [0.05, 0.1) is 0 Å². The number of nitrogens with zero attached hydrogens (tertiary/aromatic N) is 4. The van der Waals surface area contributed by atoms with Gasteiger partial charge in [0.2, 0.25) is 0 Å². The summed E-state index contributed by atoms with van der Waals surface area (Å²) in [5.41, 5.74) is 0.986. The van der Waals surface area contributed by atoms with Crippen molar-refractivity contribution in [1.82, 2.24) is 14.9 Å². The number of likely N-dealkylation sites (tertiary alicyclic amines) is 1. The topological polar surface area (TPSA) is 32.3 Å². The fourth-order valence-corrected chi connectivity index (χ4v) is 3.33. The minimum atomic E-state index is 0.592. The van der Waals surface area contributed by atoms with E-state index in [1.54, 1.807) is 0 Å². The maximum absolute atomic E-state index is 6.28. The van der Waals surface area contributed by atoms with Gasteiger partial charge in [-0.1, -0.05) is 25.4 Å². The predicted molar refractivity (Wildman–Crippen MR) is 89.3 cm³/mol. The molecule has 0 N–H and O–H groups in total. The number of anilines is 1. The Labute approximate surface area is 133 Å². The van der Waals surface area contributed by atoms with Crippen molar-refractivity contribution in [2.45, 2.75) is 52.5 Å². The van der Waals surface area contributed by atoms with E-state index in [1.165, 1.54) is 19.4 Å². The molecule has 1 aromatic rings. The van der Waals surface area contributed by atoms with Crippen molar-refractivity contribution in [3.63, 3.8) is 0 Å². The van der Waals surface area contributed by atoms with Crippen LogP contribution in [0.4, 0.5) is 5.82 Å². The number of likely N-dealkylation sites (N-methyl/N-ethyl adjacent to an activating group) is 2. The molecule has 1 aliphatic rings. The SMILES string of the molecule is CCCc1nc(Cl)c(C)c(N(C)CC2CCCN2CC)n1.